The lowest BCUT2D eigenvalue weighted by molar-refractivity contribution is 0.0966. The van der Waals surface area contributed by atoms with Gasteiger partial charge in [0.1, 0.15) is 0 Å². The second-order valence-electron chi connectivity index (χ2n) is 4.99. The smallest absolute Gasteiger partial charge is 0.162 e. The Balaban J connectivity index is 2.62. The van der Waals surface area contributed by atoms with Crippen molar-refractivity contribution in [2.45, 2.75) is 33.6 Å². The van der Waals surface area contributed by atoms with Gasteiger partial charge in [-0.2, -0.15) is 0 Å². The molecule has 1 rings (SSSR count). The lowest BCUT2D eigenvalue weighted by Crippen LogP contribution is -2.09. The quantitative estimate of drug-likeness (QED) is 0.600. The largest absolute Gasteiger partial charge is 0.294 e. The van der Waals surface area contributed by atoms with Crippen LogP contribution in [-0.4, -0.2) is 5.78 Å². The molecule has 82 valence electrons. The van der Waals surface area contributed by atoms with Crippen molar-refractivity contribution in [1.29, 1.82) is 0 Å². The van der Waals surface area contributed by atoms with Crippen LogP contribution in [0.4, 0.5) is 0 Å². The average molecular weight is 316 g/mol. The Bertz CT molecular complexity index is 350. The first-order valence-corrected chi connectivity index (χ1v) is 6.25. The molecule has 0 N–H and O–H groups in total. The van der Waals surface area contributed by atoms with E-state index in [2.05, 4.69) is 43.4 Å². The number of ketones is 1. The predicted molar refractivity (Wildman–Crippen MR) is 72.2 cm³/mol. The number of rotatable bonds is 3. The van der Waals surface area contributed by atoms with Gasteiger partial charge in [0.25, 0.3) is 0 Å². The van der Waals surface area contributed by atoms with E-state index in [0.29, 0.717) is 6.42 Å². The third-order valence-corrected chi connectivity index (χ3v) is 2.92. The van der Waals surface area contributed by atoms with Crippen molar-refractivity contribution >= 4 is 28.4 Å². The van der Waals surface area contributed by atoms with Crippen molar-refractivity contribution in [3.05, 3.63) is 33.4 Å². The summed E-state index contributed by atoms with van der Waals surface area (Å²) in [5, 5.41) is 0. The fourth-order valence-electron chi connectivity index (χ4n) is 1.29. The molecule has 0 fully saturated rings. The minimum atomic E-state index is 0.234. The summed E-state index contributed by atoms with van der Waals surface area (Å²) in [6, 6.07) is 7.78. The highest BCUT2D eigenvalue weighted by atomic mass is 127. The molecule has 0 bridgehead atoms. The summed E-state index contributed by atoms with van der Waals surface area (Å²) in [5.41, 5.74) is 1.07. The minimum Gasteiger partial charge on any atom is -0.294 e. The van der Waals surface area contributed by atoms with Crippen LogP contribution in [0.25, 0.3) is 0 Å². The van der Waals surface area contributed by atoms with Gasteiger partial charge in [-0.1, -0.05) is 32.9 Å². The van der Waals surface area contributed by atoms with Crippen molar-refractivity contribution in [3.8, 4) is 0 Å². The lowest BCUT2D eigenvalue weighted by atomic mass is 9.88. The fourth-order valence-corrected chi connectivity index (χ4v) is 1.84. The zero-order chi connectivity index (χ0) is 11.5. The molecule has 0 radical (unpaired) electrons. The van der Waals surface area contributed by atoms with Crippen LogP contribution in [0.2, 0.25) is 0 Å². The maximum Gasteiger partial charge on any atom is 0.162 e. The van der Waals surface area contributed by atoms with Gasteiger partial charge in [-0.15, -0.1) is 0 Å². The molecule has 15 heavy (non-hydrogen) atoms. The molecule has 0 spiro atoms. The summed E-state index contributed by atoms with van der Waals surface area (Å²) in [6.07, 6.45) is 1.58. The molecule has 0 aromatic heterocycles. The topological polar surface area (TPSA) is 17.1 Å². The summed E-state index contributed by atoms with van der Waals surface area (Å²) in [4.78, 5) is 11.8. The molecule has 0 aliphatic carbocycles. The van der Waals surface area contributed by atoms with Crippen LogP contribution in [0.5, 0.6) is 0 Å². The van der Waals surface area contributed by atoms with Gasteiger partial charge in [0.2, 0.25) is 0 Å². The van der Waals surface area contributed by atoms with Gasteiger partial charge in [-0.05, 0) is 46.6 Å². The number of Topliss-reactive ketones (excluding diaryl/α,β-unsaturated/α-hetero) is 1. The Labute approximate surface area is 105 Å². The van der Waals surface area contributed by atoms with Crippen LogP contribution in [0, 0.1) is 8.99 Å². The fraction of sp³-hybridized carbons (Fsp3) is 0.462. The van der Waals surface area contributed by atoms with E-state index in [0.717, 1.165) is 15.6 Å². The van der Waals surface area contributed by atoms with E-state index in [1.807, 2.05) is 24.3 Å². The summed E-state index contributed by atoms with van der Waals surface area (Å²) in [7, 11) is 0. The minimum absolute atomic E-state index is 0.234. The van der Waals surface area contributed by atoms with Crippen LogP contribution in [0.15, 0.2) is 24.3 Å². The normalized spacial score (nSPS) is 11.5. The zero-order valence-electron chi connectivity index (χ0n) is 9.51. The average Bonchev–Trinajstić information content (AvgIpc) is 2.13. The van der Waals surface area contributed by atoms with E-state index in [9.17, 15) is 4.79 Å². The van der Waals surface area contributed by atoms with E-state index >= 15 is 0 Å². The Kier molecular flexibility index (Phi) is 4.32. The SMILES string of the molecule is CC(C)(C)CCC(=O)c1cccc(I)c1. The third kappa shape index (κ3) is 4.78. The standard InChI is InChI=1S/C13H17IO/c1-13(2,3)8-7-12(15)10-5-4-6-11(14)9-10/h4-6,9H,7-8H2,1-3H3. The Morgan fingerprint density at radius 3 is 2.53 bits per heavy atom. The number of carbonyl (C=O) groups excluding carboxylic acids is 1. The second-order valence-corrected chi connectivity index (χ2v) is 6.24. The number of hydrogen-bond donors (Lipinski definition) is 0. The van der Waals surface area contributed by atoms with Crippen LogP contribution < -0.4 is 0 Å². The van der Waals surface area contributed by atoms with Gasteiger partial charge >= 0.3 is 0 Å². The highest BCUT2D eigenvalue weighted by Gasteiger charge is 2.13. The van der Waals surface area contributed by atoms with Crippen LogP contribution >= 0.6 is 22.6 Å². The summed E-state index contributed by atoms with van der Waals surface area (Å²) < 4.78 is 1.12. The van der Waals surface area contributed by atoms with Crippen molar-refractivity contribution < 1.29 is 4.79 Å². The Hall–Kier alpha value is -0.380. The van der Waals surface area contributed by atoms with Gasteiger partial charge in [0.05, 0.1) is 0 Å². The summed E-state index contributed by atoms with van der Waals surface area (Å²) >= 11 is 2.23. The third-order valence-electron chi connectivity index (χ3n) is 2.25. The van der Waals surface area contributed by atoms with Gasteiger partial charge < -0.3 is 0 Å². The molecule has 0 unspecified atom stereocenters. The predicted octanol–water partition coefficient (Wildman–Crippen LogP) is 4.30. The van der Waals surface area contributed by atoms with Crippen molar-refractivity contribution in [2.75, 3.05) is 0 Å². The number of carbonyl (C=O) groups is 1. The van der Waals surface area contributed by atoms with Crippen LogP contribution in [0.3, 0.4) is 0 Å². The molecule has 0 atom stereocenters. The molecule has 0 aliphatic heterocycles. The zero-order valence-corrected chi connectivity index (χ0v) is 11.7. The van der Waals surface area contributed by atoms with E-state index < -0.39 is 0 Å². The summed E-state index contributed by atoms with van der Waals surface area (Å²) in [6.45, 7) is 6.49. The highest BCUT2D eigenvalue weighted by molar-refractivity contribution is 14.1. The monoisotopic (exact) mass is 316 g/mol. The highest BCUT2D eigenvalue weighted by Crippen LogP contribution is 2.22. The first-order chi connectivity index (χ1) is 6.88. The maximum atomic E-state index is 11.8. The number of hydrogen-bond acceptors (Lipinski definition) is 1. The van der Waals surface area contributed by atoms with Gasteiger partial charge in [-0.25, -0.2) is 0 Å². The molecular weight excluding hydrogens is 299 g/mol. The number of benzene rings is 1. The second kappa shape index (κ2) is 5.10. The van der Waals surface area contributed by atoms with Gasteiger partial charge in [-0.3, -0.25) is 4.79 Å². The molecule has 0 heterocycles. The first-order valence-electron chi connectivity index (χ1n) is 5.17. The van der Waals surface area contributed by atoms with Crippen molar-refractivity contribution in [1.82, 2.24) is 0 Å². The Morgan fingerprint density at radius 1 is 1.33 bits per heavy atom. The molecule has 1 nitrogen and oxygen atoms in total. The molecular formula is C13H17IO. The molecule has 0 saturated heterocycles. The lowest BCUT2D eigenvalue weighted by Gasteiger charge is -2.16. The van der Waals surface area contributed by atoms with Crippen LogP contribution in [0.1, 0.15) is 44.0 Å². The summed E-state index contributed by atoms with van der Waals surface area (Å²) in [5.74, 6) is 0.253. The van der Waals surface area contributed by atoms with Gasteiger partial charge in [0, 0.05) is 15.6 Å². The molecule has 1 aromatic rings. The van der Waals surface area contributed by atoms with Crippen molar-refractivity contribution in [2.24, 2.45) is 5.41 Å². The first kappa shape index (κ1) is 12.7. The van der Waals surface area contributed by atoms with E-state index in [4.69, 9.17) is 0 Å². The van der Waals surface area contributed by atoms with E-state index in [1.165, 1.54) is 0 Å². The van der Waals surface area contributed by atoms with E-state index in [1.54, 1.807) is 0 Å². The molecule has 1 aromatic carbocycles. The van der Waals surface area contributed by atoms with E-state index in [-0.39, 0.29) is 11.2 Å². The molecule has 2 heteroatoms. The molecule has 0 aliphatic rings. The maximum absolute atomic E-state index is 11.8. The number of halogens is 1. The van der Waals surface area contributed by atoms with Crippen LogP contribution in [-0.2, 0) is 0 Å². The van der Waals surface area contributed by atoms with Crippen molar-refractivity contribution in [3.63, 3.8) is 0 Å². The Morgan fingerprint density at radius 2 is 2.00 bits per heavy atom. The molecule has 0 amide bonds. The molecule has 0 saturated carbocycles. The van der Waals surface area contributed by atoms with Gasteiger partial charge in [0.15, 0.2) is 5.78 Å².